The number of carbonyl (C=O) groups is 2. The lowest BCUT2D eigenvalue weighted by molar-refractivity contribution is -0.138. The molecule has 0 bridgehead atoms. The van der Waals surface area contributed by atoms with Crippen LogP contribution in [0.4, 0.5) is 0 Å². The molecule has 1 spiro atoms. The predicted octanol–water partition coefficient (Wildman–Crippen LogP) is 1.70. The van der Waals surface area contributed by atoms with Crippen molar-refractivity contribution >= 4 is 11.9 Å². The van der Waals surface area contributed by atoms with Crippen molar-refractivity contribution in [2.75, 3.05) is 13.2 Å². The van der Waals surface area contributed by atoms with Gasteiger partial charge in [-0.15, -0.1) is 5.10 Å². The lowest BCUT2D eigenvalue weighted by Crippen LogP contribution is -2.42. The topological polar surface area (TPSA) is 115 Å². The molecule has 1 atom stereocenters. The first-order valence-electron chi connectivity index (χ1n) is 11.1. The summed E-state index contributed by atoms with van der Waals surface area (Å²) in [5, 5.41) is 14.8. The molecule has 2 fully saturated rings. The van der Waals surface area contributed by atoms with Crippen molar-refractivity contribution in [3.8, 4) is 5.82 Å². The zero-order chi connectivity index (χ0) is 22.3. The molecule has 1 saturated heterocycles. The number of tetrazole rings is 1. The van der Waals surface area contributed by atoms with Crippen LogP contribution in [0.25, 0.3) is 5.82 Å². The zero-order valence-corrected chi connectivity index (χ0v) is 18.3. The van der Waals surface area contributed by atoms with Gasteiger partial charge in [0.05, 0.1) is 16.7 Å². The summed E-state index contributed by atoms with van der Waals surface area (Å²) in [7, 11) is 0. The Bertz CT molecular complexity index is 1040. The normalized spacial score (nSPS) is 26.8. The van der Waals surface area contributed by atoms with Crippen molar-refractivity contribution in [1.82, 2.24) is 35.4 Å². The second-order valence-electron chi connectivity index (χ2n) is 9.00. The molecule has 4 heterocycles. The van der Waals surface area contributed by atoms with Crippen LogP contribution in [0.3, 0.4) is 0 Å². The lowest BCUT2D eigenvalue weighted by Gasteiger charge is -2.37. The summed E-state index contributed by atoms with van der Waals surface area (Å²) >= 11 is 0. The first-order chi connectivity index (χ1) is 15.5. The highest BCUT2D eigenvalue weighted by molar-refractivity contribution is 5.94. The third-order valence-corrected chi connectivity index (χ3v) is 7.20. The summed E-state index contributed by atoms with van der Waals surface area (Å²) in [5.41, 5.74) is 2.12. The number of nitrogens with one attached hydrogen (secondary N) is 1. The van der Waals surface area contributed by atoms with Gasteiger partial charge in [0, 0.05) is 24.8 Å². The fourth-order valence-electron chi connectivity index (χ4n) is 5.13. The van der Waals surface area contributed by atoms with Gasteiger partial charge in [0.25, 0.3) is 0 Å². The molecule has 0 radical (unpaired) electrons. The van der Waals surface area contributed by atoms with Crippen LogP contribution < -0.4 is 5.32 Å². The molecule has 0 unspecified atom stereocenters. The third kappa shape index (κ3) is 3.58. The van der Waals surface area contributed by atoms with E-state index in [1.165, 1.54) is 11.0 Å². The molecule has 10 nitrogen and oxygen atoms in total. The highest BCUT2D eigenvalue weighted by Crippen LogP contribution is 2.46. The summed E-state index contributed by atoms with van der Waals surface area (Å²) in [6, 6.07) is 4.44. The number of amides is 1. The highest BCUT2D eigenvalue weighted by atomic mass is 16.5. The van der Waals surface area contributed by atoms with Gasteiger partial charge in [-0.1, -0.05) is 6.07 Å². The molecule has 3 aliphatic rings. The number of ether oxygens (including phenoxy) is 1. The number of esters is 1. The molecule has 0 aromatic carbocycles. The largest absolute Gasteiger partial charge is 0.456 e. The van der Waals surface area contributed by atoms with Crippen LogP contribution >= 0.6 is 0 Å². The summed E-state index contributed by atoms with van der Waals surface area (Å²) in [5.74, 6) is 0.532. The minimum atomic E-state index is -0.309. The van der Waals surface area contributed by atoms with Gasteiger partial charge >= 0.3 is 5.97 Å². The molecule has 1 aliphatic carbocycles. The van der Waals surface area contributed by atoms with E-state index in [4.69, 9.17) is 4.74 Å². The van der Waals surface area contributed by atoms with Gasteiger partial charge < -0.3 is 15.0 Å². The highest BCUT2D eigenvalue weighted by Gasteiger charge is 2.50. The number of likely N-dealkylation sites (tertiary alicyclic amines) is 1. The van der Waals surface area contributed by atoms with Crippen LogP contribution in [-0.2, 0) is 14.3 Å². The first-order valence-corrected chi connectivity index (χ1v) is 11.1. The van der Waals surface area contributed by atoms with Crippen LogP contribution in [0.1, 0.15) is 57.6 Å². The van der Waals surface area contributed by atoms with Gasteiger partial charge in [0.2, 0.25) is 5.91 Å². The second-order valence-corrected chi connectivity index (χ2v) is 9.00. The number of hydrogen-bond donors (Lipinski definition) is 1. The monoisotopic (exact) mass is 437 g/mol. The minimum Gasteiger partial charge on any atom is -0.456 e. The minimum absolute atomic E-state index is 0.148. The maximum atomic E-state index is 13.3. The average Bonchev–Trinajstić information content (AvgIpc) is 3.53. The smallest absolute Gasteiger partial charge is 0.336 e. The predicted molar refractivity (Wildman–Crippen MR) is 113 cm³/mol. The number of pyridine rings is 1. The summed E-state index contributed by atoms with van der Waals surface area (Å²) in [4.78, 5) is 31.3. The molecular weight excluding hydrogens is 410 g/mol. The van der Waals surface area contributed by atoms with Crippen molar-refractivity contribution < 1.29 is 14.3 Å². The van der Waals surface area contributed by atoms with E-state index >= 15 is 0 Å². The molecular formula is C22H27N7O3. The van der Waals surface area contributed by atoms with Crippen LogP contribution in [-0.4, -0.2) is 61.2 Å². The van der Waals surface area contributed by atoms with E-state index in [9.17, 15) is 9.59 Å². The Morgan fingerprint density at radius 1 is 1.22 bits per heavy atom. The maximum absolute atomic E-state index is 13.3. The van der Waals surface area contributed by atoms with E-state index in [0.717, 1.165) is 43.4 Å². The third-order valence-electron chi connectivity index (χ3n) is 7.20. The molecule has 10 heteroatoms. The van der Waals surface area contributed by atoms with Crippen molar-refractivity contribution in [1.29, 1.82) is 0 Å². The van der Waals surface area contributed by atoms with E-state index in [1.807, 2.05) is 18.3 Å². The van der Waals surface area contributed by atoms with Crippen LogP contribution in [0.2, 0.25) is 0 Å². The van der Waals surface area contributed by atoms with Gasteiger partial charge in [-0.3, -0.25) is 4.79 Å². The summed E-state index contributed by atoms with van der Waals surface area (Å²) < 4.78 is 6.64. The summed E-state index contributed by atoms with van der Waals surface area (Å²) in [6.45, 7) is 4.77. The van der Waals surface area contributed by atoms with Crippen LogP contribution in [0, 0.1) is 5.41 Å². The van der Waals surface area contributed by atoms with E-state index in [2.05, 4.69) is 32.7 Å². The molecule has 32 heavy (non-hydrogen) atoms. The van der Waals surface area contributed by atoms with E-state index in [-0.39, 0.29) is 29.9 Å². The second kappa shape index (κ2) is 8.09. The van der Waals surface area contributed by atoms with Gasteiger partial charge in [-0.2, -0.15) is 4.68 Å². The molecule has 1 amide bonds. The molecule has 168 valence electrons. The maximum Gasteiger partial charge on any atom is 0.336 e. The van der Waals surface area contributed by atoms with Gasteiger partial charge in [0.15, 0.2) is 5.82 Å². The molecule has 2 aliphatic heterocycles. The van der Waals surface area contributed by atoms with Crippen molar-refractivity contribution in [2.24, 2.45) is 5.41 Å². The number of nitrogens with zero attached hydrogens (tertiary/aromatic N) is 6. The van der Waals surface area contributed by atoms with Gasteiger partial charge in [0.1, 0.15) is 12.9 Å². The lowest BCUT2D eigenvalue weighted by atomic mass is 9.71. The summed E-state index contributed by atoms with van der Waals surface area (Å²) in [6.07, 6.45) is 7.85. The van der Waals surface area contributed by atoms with Crippen LogP contribution in [0.15, 0.2) is 35.9 Å². The number of rotatable bonds is 5. The van der Waals surface area contributed by atoms with E-state index in [1.54, 1.807) is 11.8 Å². The Morgan fingerprint density at radius 3 is 2.66 bits per heavy atom. The first kappa shape index (κ1) is 20.7. The van der Waals surface area contributed by atoms with Gasteiger partial charge in [-0.25, -0.2) is 9.78 Å². The Labute approximate surface area is 186 Å². The van der Waals surface area contributed by atoms with Crippen molar-refractivity contribution in [3.05, 3.63) is 41.5 Å². The Morgan fingerprint density at radius 2 is 2.03 bits per heavy atom. The van der Waals surface area contributed by atoms with Crippen molar-refractivity contribution in [2.45, 2.75) is 58.0 Å². The molecule has 1 N–H and O–H groups in total. The molecule has 2 aromatic rings. The van der Waals surface area contributed by atoms with Gasteiger partial charge in [-0.05, 0) is 68.0 Å². The standard InChI is InChI=1S/C22H27N7O3/c1-14-18(12-32-20(14)30)28-10-9-22(21(28)31)7-5-17(6-8-22)25-15(2)16-3-4-19(23-11-16)29-13-24-26-27-29/h3-4,11,13,15,17,25H,5-10,12H2,1-2H3/t15-,17-,22+/m1/s1. The number of hydrogen-bond acceptors (Lipinski definition) is 8. The SMILES string of the molecule is CC1=C(N2CC[C@]3(CC[C@H](N[C@H](C)c4ccc(-n5cnnn5)nc4)CC3)C2=O)COC1=O. The van der Waals surface area contributed by atoms with E-state index < -0.39 is 0 Å². The Kier molecular flexibility index (Phi) is 5.24. The fourth-order valence-corrected chi connectivity index (χ4v) is 5.13. The number of carbonyl (C=O) groups excluding carboxylic acids is 2. The fraction of sp³-hybridized carbons (Fsp3) is 0.545. The average molecular weight is 438 g/mol. The van der Waals surface area contributed by atoms with Crippen molar-refractivity contribution in [3.63, 3.8) is 0 Å². The quantitative estimate of drug-likeness (QED) is 0.703. The zero-order valence-electron chi connectivity index (χ0n) is 18.3. The molecule has 5 rings (SSSR count). The Balaban J connectivity index is 1.18. The van der Waals surface area contributed by atoms with Crippen LogP contribution in [0.5, 0.6) is 0 Å². The molecule has 1 saturated carbocycles. The number of cyclic esters (lactones) is 1. The van der Waals surface area contributed by atoms with E-state index in [0.29, 0.717) is 24.0 Å². The molecule has 2 aromatic heterocycles. The Hall–Kier alpha value is -3.14. The number of aromatic nitrogens is 5.